The first-order valence-corrected chi connectivity index (χ1v) is 13.8. The first kappa shape index (κ1) is 22.9. The Hall–Kier alpha value is -1.75. The zero-order valence-electron chi connectivity index (χ0n) is 16.1. The molecule has 1 amide bonds. The number of nitrogens with one attached hydrogen (secondary N) is 2. The third kappa shape index (κ3) is 6.13. The number of carbonyl (C=O) groups is 1. The number of amides is 1. The molecule has 1 aliphatic rings. The van der Waals surface area contributed by atoms with Crippen LogP contribution in [0.3, 0.4) is 0 Å². The van der Waals surface area contributed by atoms with Gasteiger partial charge in [-0.05, 0) is 55.3 Å². The molecule has 3 rings (SSSR count). The van der Waals surface area contributed by atoms with Crippen LogP contribution in [-0.2, 0) is 24.7 Å². The summed E-state index contributed by atoms with van der Waals surface area (Å²) < 4.78 is 51.1. The van der Waals surface area contributed by atoms with Crippen molar-refractivity contribution in [3.63, 3.8) is 0 Å². The van der Waals surface area contributed by atoms with E-state index < -0.39 is 19.9 Å². The lowest BCUT2D eigenvalue weighted by molar-refractivity contribution is -0.113. The van der Waals surface area contributed by atoms with E-state index in [0.717, 1.165) is 0 Å². The molecule has 0 spiro atoms. The lowest BCUT2D eigenvalue weighted by Crippen LogP contribution is -2.18. The van der Waals surface area contributed by atoms with Gasteiger partial charge in [0.1, 0.15) is 0 Å². The van der Waals surface area contributed by atoms with E-state index in [9.17, 15) is 21.6 Å². The number of thioether (sulfide) groups is 1. The number of rotatable bonds is 7. The van der Waals surface area contributed by atoms with Crippen molar-refractivity contribution in [3.8, 4) is 0 Å². The predicted octanol–water partition coefficient (Wildman–Crippen LogP) is 3.31. The number of hydrogen-bond donors (Lipinski definition) is 2. The second kappa shape index (κ2) is 9.17. The largest absolute Gasteiger partial charge is 0.325 e. The maximum atomic E-state index is 12.8. The van der Waals surface area contributed by atoms with E-state index >= 15 is 0 Å². The van der Waals surface area contributed by atoms with E-state index in [0.29, 0.717) is 28.4 Å². The molecule has 1 aliphatic heterocycles. The number of carbonyl (C=O) groups excluding carboxylic acids is 1. The Labute approximate surface area is 185 Å². The molecule has 7 nitrogen and oxygen atoms in total. The SMILES string of the molecule is Cc1ccc(NC(=O)CSC2CCS(=O)(=O)C2)cc1S(=O)(=O)Nc1ccc(Cl)cc1. The number of anilines is 2. The molecule has 11 heteroatoms. The summed E-state index contributed by atoms with van der Waals surface area (Å²) in [5.41, 5.74) is 1.25. The van der Waals surface area contributed by atoms with Crippen molar-refractivity contribution in [3.05, 3.63) is 53.1 Å². The van der Waals surface area contributed by atoms with Crippen molar-refractivity contribution in [2.45, 2.75) is 23.5 Å². The first-order chi connectivity index (χ1) is 14.0. The summed E-state index contributed by atoms with van der Waals surface area (Å²) in [6.07, 6.45) is 0.545. The molecule has 0 aromatic heterocycles. The highest BCUT2D eigenvalue weighted by Gasteiger charge is 2.28. The average Bonchev–Trinajstić information content (AvgIpc) is 3.02. The van der Waals surface area contributed by atoms with Crippen molar-refractivity contribution >= 4 is 60.5 Å². The summed E-state index contributed by atoms with van der Waals surface area (Å²) in [4.78, 5) is 12.3. The Balaban J connectivity index is 1.66. The number of aryl methyl sites for hydroxylation is 1. The fraction of sp³-hybridized carbons (Fsp3) is 0.316. The minimum absolute atomic E-state index is 0.0461. The van der Waals surface area contributed by atoms with Gasteiger partial charge in [0, 0.05) is 21.6 Å². The minimum Gasteiger partial charge on any atom is -0.325 e. The fourth-order valence-electron chi connectivity index (χ4n) is 2.98. The van der Waals surface area contributed by atoms with Gasteiger partial charge >= 0.3 is 0 Å². The molecule has 0 saturated carbocycles. The normalized spacial score (nSPS) is 18.1. The summed E-state index contributed by atoms with van der Waals surface area (Å²) >= 11 is 7.12. The zero-order valence-corrected chi connectivity index (χ0v) is 19.3. The molecule has 0 bridgehead atoms. The van der Waals surface area contributed by atoms with Crippen LogP contribution in [0.1, 0.15) is 12.0 Å². The van der Waals surface area contributed by atoms with Crippen molar-refractivity contribution in [1.29, 1.82) is 0 Å². The molecule has 1 fully saturated rings. The van der Waals surface area contributed by atoms with Gasteiger partial charge in [0.15, 0.2) is 9.84 Å². The summed E-state index contributed by atoms with van der Waals surface area (Å²) in [6, 6.07) is 10.9. The molecule has 1 unspecified atom stereocenters. The van der Waals surface area contributed by atoms with Crippen LogP contribution in [0.15, 0.2) is 47.4 Å². The standard InChI is InChI=1S/C19H21ClN2O5S3/c1-13-2-5-16(21-19(23)11-28-17-8-9-29(24,25)12-17)10-18(13)30(26,27)22-15-6-3-14(20)4-7-15/h2-7,10,17,22H,8-9,11-12H2,1H3,(H,21,23). The van der Waals surface area contributed by atoms with Gasteiger partial charge in [0.25, 0.3) is 10.0 Å². The van der Waals surface area contributed by atoms with Gasteiger partial charge in [0.2, 0.25) is 5.91 Å². The number of halogens is 1. The molecule has 0 aliphatic carbocycles. The highest BCUT2D eigenvalue weighted by molar-refractivity contribution is 8.02. The highest BCUT2D eigenvalue weighted by atomic mass is 35.5. The zero-order chi connectivity index (χ0) is 21.9. The van der Waals surface area contributed by atoms with Gasteiger partial charge in [-0.2, -0.15) is 0 Å². The summed E-state index contributed by atoms with van der Waals surface area (Å²) in [5.74, 6) is 0.0293. The van der Waals surface area contributed by atoms with Crippen LogP contribution >= 0.6 is 23.4 Å². The third-order valence-corrected chi connectivity index (χ3v) is 9.56. The van der Waals surface area contributed by atoms with Crippen LogP contribution in [-0.4, -0.2) is 45.3 Å². The Morgan fingerprint density at radius 2 is 1.83 bits per heavy atom. The highest BCUT2D eigenvalue weighted by Crippen LogP contribution is 2.26. The first-order valence-electron chi connectivity index (χ1n) is 9.05. The molecule has 0 radical (unpaired) electrons. The van der Waals surface area contributed by atoms with E-state index in [4.69, 9.17) is 11.6 Å². The van der Waals surface area contributed by atoms with Crippen molar-refractivity contribution < 1.29 is 21.6 Å². The van der Waals surface area contributed by atoms with Gasteiger partial charge in [-0.15, -0.1) is 11.8 Å². The average molecular weight is 489 g/mol. The van der Waals surface area contributed by atoms with Crippen LogP contribution in [0, 0.1) is 6.92 Å². The van der Waals surface area contributed by atoms with Crippen molar-refractivity contribution in [2.24, 2.45) is 0 Å². The lowest BCUT2D eigenvalue weighted by Gasteiger charge is -2.13. The Kier molecular flexibility index (Phi) is 7.01. The monoisotopic (exact) mass is 488 g/mol. The lowest BCUT2D eigenvalue weighted by atomic mass is 10.2. The van der Waals surface area contributed by atoms with Crippen molar-refractivity contribution in [1.82, 2.24) is 0 Å². The number of hydrogen-bond acceptors (Lipinski definition) is 6. The van der Waals surface area contributed by atoms with E-state index in [-0.39, 0.29) is 33.3 Å². The Morgan fingerprint density at radius 3 is 2.47 bits per heavy atom. The van der Waals surface area contributed by atoms with Crippen LogP contribution in [0.5, 0.6) is 0 Å². The number of sulfone groups is 1. The molecule has 2 N–H and O–H groups in total. The molecule has 2 aromatic carbocycles. The van der Waals surface area contributed by atoms with Crippen molar-refractivity contribution in [2.75, 3.05) is 27.3 Å². The van der Waals surface area contributed by atoms with Gasteiger partial charge in [-0.1, -0.05) is 17.7 Å². The predicted molar refractivity (Wildman–Crippen MR) is 122 cm³/mol. The molecule has 30 heavy (non-hydrogen) atoms. The quantitative estimate of drug-likeness (QED) is 0.618. The third-order valence-electron chi connectivity index (χ3n) is 4.50. The summed E-state index contributed by atoms with van der Waals surface area (Å²) in [5, 5.41) is 3.09. The maximum absolute atomic E-state index is 12.8. The second-order valence-corrected chi connectivity index (χ2v) is 12.6. The maximum Gasteiger partial charge on any atom is 0.262 e. The van der Waals surface area contributed by atoms with Gasteiger partial charge < -0.3 is 5.32 Å². The Morgan fingerprint density at radius 1 is 1.17 bits per heavy atom. The molecule has 1 saturated heterocycles. The fourth-order valence-corrected chi connectivity index (χ4v) is 7.88. The molecule has 1 atom stereocenters. The summed E-state index contributed by atoms with van der Waals surface area (Å²) in [6.45, 7) is 1.67. The molecular formula is C19H21ClN2O5S3. The van der Waals surface area contributed by atoms with E-state index in [1.54, 1.807) is 43.3 Å². The van der Waals surface area contributed by atoms with Crippen LogP contribution in [0.4, 0.5) is 11.4 Å². The topological polar surface area (TPSA) is 109 Å². The van der Waals surface area contributed by atoms with Gasteiger partial charge in [-0.25, -0.2) is 16.8 Å². The number of benzene rings is 2. The van der Waals surface area contributed by atoms with E-state index in [1.165, 1.54) is 17.8 Å². The Bertz CT molecular complexity index is 1150. The second-order valence-electron chi connectivity index (χ2n) is 6.98. The molecule has 2 aromatic rings. The van der Waals surface area contributed by atoms with E-state index in [1.807, 2.05) is 0 Å². The molecular weight excluding hydrogens is 468 g/mol. The van der Waals surface area contributed by atoms with Gasteiger partial charge in [0.05, 0.1) is 22.2 Å². The number of sulfonamides is 1. The molecule has 162 valence electrons. The van der Waals surface area contributed by atoms with Gasteiger partial charge in [-0.3, -0.25) is 9.52 Å². The molecule has 1 heterocycles. The van der Waals surface area contributed by atoms with Crippen LogP contribution in [0.2, 0.25) is 5.02 Å². The van der Waals surface area contributed by atoms with Crippen LogP contribution in [0.25, 0.3) is 0 Å². The van der Waals surface area contributed by atoms with Crippen LogP contribution < -0.4 is 10.0 Å². The smallest absolute Gasteiger partial charge is 0.262 e. The summed E-state index contributed by atoms with van der Waals surface area (Å²) in [7, 11) is -6.86. The minimum atomic E-state index is -3.87. The van der Waals surface area contributed by atoms with E-state index in [2.05, 4.69) is 10.0 Å².